The zero-order valence-corrected chi connectivity index (χ0v) is 51.8. The first-order valence-corrected chi connectivity index (χ1v) is 33.1. The predicted octanol–water partition coefficient (Wildman–Crippen LogP) is 13.3. The highest BCUT2D eigenvalue weighted by atomic mass is 35.5. The number of aromatic nitrogens is 6. The number of aryl methyl sites for hydroxylation is 1. The average Bonchev–Trinajstić information content (AvgIpc) is 3.65. The van der Waals surface area contributed by atoms with E-state index < -0.39 is 32.5 Å². The summed E-state index contributed by atoms with van der Waals surface area (Å²) in [6.07, 6.45) is 13.9. The molecule has 17 heteroatoms. The fourth-order valence-corrected chi connectivity index (χ4v) is 14.9. The Kier molecular flexibility index (Phi) is 20.6. The summed E-state index contributed by atoms with van der Waals surface area (Å²) in [7, 11) is -3.43. The third-order valence-corrected chi connectivity index (χ3v) is 19.8. The van der Waals surface area contributed by atoms with Crippen LogP contribution in [0.3, 0.4) is 0 Å². The van der Waals surface area contributed by atoms with Crippen LogP contribution in [0.1, 0.15) is 185 Å². The number of nitrogens with one attached hydrogen (secondary N) is 6. The maximum Gasteiger partial charge on any atom is 0.325 e. The van der Waals surface area contributed by atoms with Gasteiger partial charge < -0.3 is 15.0 Å². The number of H-pyrrole nitrogens is 6. The zero-order valence-electron chi connectivity index (χ0n) is 49.5. The van der Waals surface area contributed by atoms with Crippen molar-refractivity contribution < 1.29 is 8.42 Å². The van der Waals surface area contributed by atoms with E-state index >= 15 is 0 Å². The van der Waals surface area contributed by atoms with Crippen LogP contribution in [0.2, 0.25) is 10.0 Å². The Morgan fingerprint density at radius 2 is 0.750 bits per heavy atom. The Morgan fingerprint density at radius 1 is 0.386 bits per heavy atom. The number of hydrogen-bond acceptors (Lipinski definition) is 8. The van der Waals surface area contributed by atoms with Crippen LogP contribution >= 0.6 is 23.2 Å². The van der Waals surface area contributed by atoms with Crippen LogP contribution in [0.5, 0.6) is 0 Å². The van der Waals surface area contributed by atoms with Crippen LogP contribution in [0.15, 0.2) is 191 Å². The lowest BCUT2D eigenvalue weighted by atomic mass is 9.76. The summed E-state index contributed by atoms with van der Waals surface area (Å²) < 4.78 is 24.4. The van der Waals surface area contributed by atoms with Gasteiger partial charge in [-0.05, 0) is 177 Å². The van der Waals surface area contributed by atoms with Gasteiger partial charge in [-0.25, -0.2) is 22.8 Å². The maximum atomic E-state index is 12.7. The monoisotopic (exact) mass is 1240 g/mol. The molecule has 0 bridgehead atoms. The van der Waals surface area contributed by atoms with E-state index in [4.69, 9.17) is 23.2 Å². The van der Waals surface area contributed by atoms with E-state index in [0.29, 0.717) is 68.6 Å². The summed E-state index contributed by atoms with van der Waals surface area (Å²) in [4.78, 5) is 90.1. The molecule has 0 amide bonds. The summed E-state index contributed by atoms with van der Waals surface area (Å²) in [5.74, 6) is 2.00. The highest BCUT2D eigenvalue weighted by Crippen LogP contribution is 2.43. The molecular weight excluding hydrogens is 1170 g/mol. The Balaban J connectivity index is 0.000000146. The number of hydrogen-bond donors (Lipinski definition) is 6. The van der Waals surface area contributed by atoms with Crippen LogP contribution in [0.25, 0.3) is 0 Å². The SMILES string of the molecule is CS(=O)(=O)c1ccccc1Cc1c(C2CCC(c3ccccc3)CC2)[nH]c(=O)[nH]c1=O.Cc1cccc(Cc2c(C3CCC(c4ccccc4)CC3)[nH]c(=O)[nH]c2=O)c1.O=c1[nH]c(C2CCC(c3ccccc3)CC2)c(Cc2cc(Cl)ccc2Cl)c(=O)[nH]1. The second-order valence-corrected chi connectivity index (χ2v) is 26.7. The predicted molar refractivity (Wildman–Crippen MR) is 350 cm³/mol. The summed E-state index contributed by atoms with van der Waals surface area (Å²) >= 11 is 12.4. The molecule has 6 aromatic carbocycles. The molecule has 456 valence electrons. The molecule has 3 saturated carbocycles. The van der Waals surface area contributed by atoms with Gasteiger partial charge in [0, 0.05) is 69.3 Å². The van der Waals surface area contributed by atoms with Gasteiger partial charge in [0.25, 0.3) is 16.7 Å². The topological polar surface area (TPSA) is 231 Å². The lowest BCUT2D eigenvalue weighted by molar-refractivity contribution is 0.388. The van der Waals surface area contributed by atoms with Crippen molar-refractivity contribution in [2.45, 2.75) is 144 Å². The number of halogens is 2. The number of rotatable bonds is 13. The van der Waals surface area contributed by atoms with E-state index in [-0.39, 0.29) is 40.2 Å². The molecule has 3 fully saturated rings. The minimum atomic E-state index is -3.43. The van der Waals surface area contributed by atoms with Crippen molar-refractivity contribution >= 4 is 33.0 Å². The van der Waals surface area contributed by atoms with Gasteiger partial charge in [0.05, 0.1) is 4.90 Å². The van der Waals surface area contributed by atoms with E-state index in [1.807, 2.05) is 55.5 Å². The van der Waals surface area contributed by atoms with Crippen molar-refractivity contribution in [2.24, 2.45) is 0 Å². The maximum absolute atomic E-state index is 12.7. The van der Waals surface area contributed by atoms with E-state index in [0.717, 1.165) is 106 Å². The zero-order chi connectivity index (χ0) is 61.9. The molecule has 88 heavy (non-hydrogen) atoms. The van der Waals surface area contributed by atoms with Crippen LogP contribution in [0.4, 0.5) is 0 Å². The molecule has 0 unspecified atom stereocenters. The molecule has 0 aliphatic heterocycles. The molecule has 0 atom stereocenters. The van der Waals surface area contributed by atoms with Crippen LogP contribution in [-0.4, -0.2) is 44.6 Å². The van der Waals surface area contributed by atoms with Crippen molar-refractivity contribution in [1.29, 1.82) is 0 Å². The van der Waals surface area contributed by atoms with Crippen molar-refractivity contribution in [2.75, 3.05) is 6.26 Å². The first-order valence-electron chi connectivity index (χ1n) is 30.4. The molecule has 14 nitrogen and oxygen atoms in total. The van der Waals surface area contributed by atoms with Gasteiger partial charge in [0.2, 0.25) is 0 Å². The molecule has 3 aliphatic rings. The smallest absolute Gasteiger partial charge is 0.311 e. The number of aromatic amines is 6. The summed E-state index contributed by atoms with van der Waals surface area (Å²) in [5.41, 5.74) is 9.13. The first-order chi connectivity index (χ1) is 42.4. The van der Waals surface area contributed by atoms with Crippen LogP contribution < -0.4 is 33.7 Å². The standard InChI is InChI=1S/C24H26N2O4S.C24H26N2O2.C23H22Cl2N2O2/c1-31(29,30)21-10-6-5-9-19(21)15-20-22(25-24(28)26-23(20)27)18-13-11-17(12-14-18)16-7-3-2-4-8-16;1-16-6-5-7-17(14-16)15-21-22(25-24(28)26-23(21)27)20-12-10-19(11-13-20)18-8-3-2-4-9-18;24-18-10-11-20(25)17(12-18)13-19-21(26-23(29)27-22(19)28)16-8-6-15(7-9-16)14-4-2-1-3-5-14/h2-10,17-18H,11-15H2,1H3,(H2,25,26,27,28);2-9,14,19-20H,10-13,15H2,1H3,(H2,25,26,27,28);1-5,10-12,15-16H,6-9,13H2,(H2,26,27,28,29). The van der Waals surface area contributed by atoms with E-state index in [1.165, 1.54) is 22.3 Å². The molecule has 6 N–H and O–H groups in total. The third-order valence-electron chi connectivity index (χ3n) is 18.0. The molecule has 3 aliphatic carbocycles. The van der Waals surface area contributed by atoms with Gasteiger partial charge in [-0.2, -0.15) is 0 Å². The first kappa shape index (κ1) is 62.9. The van der Waals surface area contributed by atoms with Crippen molar-refractivity contribution in [1.82, 2.24) is 29.9 Å². The Labute approximate surface area is 521 Å². The van der Waals surface area contributed by atoms with Gasteiger partial charge in [0.15, 0.2) is 9.84 Å². The second kappa shape index (κ2) is 28.8. The Morgan fingerprint density at radius 3 is 1.15 bits per heavy atom. The molecular formula is C71H74Cl2N6O8S. The lowest BCUT2D eigenvalue weighted by Crippen LogP contribution is -2.30. The van der Waals surface area contributed by atoms with Gasteiger partial charge in [-0.3, -0.25) is 29.3 Å². The quantitative estimate of drug-likeness (QED) is 0.0648. The molecule has 3 heterocycles. The van der Waals surface area contributed by atoms with Crippen molar-refractivity contribution in [3.63, 3.8) is 0 Å². The van der Waals surface area contributed by atoms with Gasteiger partial charge in [-0.1, -0.05) is 162 Å². The summed E-state index contributed by atoms with van der Waals surface area (Å²) in [6, 6.07) is 51.7. The normalized spacial score (nSPS) is 19.3. The Hall–Kier alpha value is -8.11. The van der Waals surface area contributed by atoms with E-state index in [9.17, 15) is 37.2 Å². The fraction of sp³-hybridized carbons (Fsp3) is 0.324. The summed E-state index contributed by atoms with van der Waals surface area (Å²) in [5, 5.41) is 1.12. The minimum Gasteiger partial charge on any atom is -0.311 e. The largest absolute Gasteiger partial charge is 0.325 e. The Bertz CT molecular complexity index is 4350. The van der Waals surface area contributed by atoms with Crippen molar-refractivity contribution in [3.05, 3.63) is 303 Å². The number of sulfone groups is 1. The van der Waals surface area contributed by atoms with E-state index in [1.54, 1.807) is 42.5 Å². The van der Waals surface area contributed by atoms with E-state index in [2.05, 4.69) is 96.6 Å². The summed E-state index contributed by atoms with van der Waals surface area (Å²) in [6.45, 7) is 2.05. The highest BCUT2D eigenvalue weighted by molar-refractivity contribution is 7.90. The average molecular weight is 1240 g/mol. The lowest BCUT2D eigenvalue weighted by Gasteiger charge is -2.29. The van der Waals surface area contributed by atoms with Gasteiger partial charge in [0.1, 0.15) is 0 Å². The fourth-order valence-electron chi connectivity index (χ4n) is 13.6. The second-order valence-electron chi connectivity index (χ2n) is 23.9. The molecule has 9 aromatic rings. The van der Waals surface area contributed by atoms with Crippen LogP contribution in [-0.2, 0) is 29.1 Å². The molecule has 3 aromatic heterocycles. The van der Waals surface area contributed by atoms with Gasteiger partial charge in [-0.15, -0.1) is 0 Å². The van der Waals surface area contributed by atoms with Crippen molar-refractivity contribution in [3.8, 4) is 0 Å². The highest BCUT2D eigenvalue weighted by Gasteiger charge is 2.31. The number of benzene rings is 6. The van der Waals surface area contributed by atoms with Crippen LogP contribution in [0, 0.1) is 6.92 Å². The molecule has 0 saturated heterocycles. The molecule has 0 radical (unpaired) electrons. The molecule has 0 spiro atoms. The minimum absolute atomic E-state index is 0.0651. The molecule has 12 rings (SSSR count). The third kappa shape index (κ3) is 16.0. The van der Waals surface area contributed by atoms with Gasteiger partial charge >= 0.3 is 17.1 Å².